The van der Waals surface area contributed by atoms with Crippen LogP contribution < -0.4 is 10.6 Å². The largest absolute Gasteiger partial charge is 0.375 e. The first-order valence-corrected chi connectivity index (χ1v) is 6.11. The molecule has 1 fully saturated rings. The van der Waals surface area contributed by atoms with E-state index in [-0.39, 0.29) is 11.5 Å². The Morgan fingerprint density at radius 3 is 2.50 bits per heavy atom. The number of hydrogen-bond donors (Lipinski definition) is 2. The number of carbonyl (C=O) groups is 1. The highest BCUT2D eigenvalue weighted by atomic mass is 16.5. The Labute approximate surface area is 98.1 Å². The summed E-state index contributed by atoms with van der Waals surface area (Å²) in [6, 6.07) is 0. The predicted octanol–water partition coefficient (Wildman–Crippen LogP) is 0.917. The third-order valence-corrected chi connectivity index (χ3v) is 2.36. The minimum atomic E-state index is -0.0676. The number of amides is 1. The summed E-state index contributed by atoms with van der Waals surface area (Å²) in [6.45, 7) is 9.20. The van der Waals surface area contributed by atoms with Crippen LogP contribution in [0.2, 0.25) is 0 Å². The summed E-state index contributed by atoms with van der Waals surface area (Å²) in [5.41, 5.74) is -0.0676. The van der Waals surface area contributed by atoms with Crippen LogP contribution in [0, 0.1) is 5.92 Å². The van der Waals surface area contributed by atoms with E-state index in [9.17, 15) is 4.79 Å². The van der Waals surface area contributed by atoms with Crippen molar-refractivity contribution in [1.82, 2.24) is 10.6 Å². The number of hydrogen-bond acceptors (Lipinski definition) is 3. The van der Waals surface area contributed by atoms with Gasteiger partial charge in [-0.15, -0.1) is 0 Å². The SMILES string of the molecule is CC(C)(C)OCCNCCNC(=O)C1CC1. The first-order valence-electron chi connectivity index (χ1n) is 6.11. The van der Waals surface area contributed by atoms with Crippen molar-refractivity contribution in [2.45, 2.75) is 39.2 Å². The average molecular weight is 228 g/mol. The van der Waals surface area contributed by atoms with Gasteiger partial charge < -0.3 is 15.4 Å². The molecule has 1 rings (SSSR count). The van der Waals surface area contributed by atoms with Gasteiger partial charge in [-0.3, -0.25) is 4.79 Å². The van der Waals surface area contributed by atoms with Crippen molar-refractivity contribution in [1.29, 1.82) is 0 Å². The van der Waals surface area contributed by atoms with E-state index in [1.165, 1.54) is 0 Å². The zero-order valence-corrected chi connectivity index (χ0v) is 10.6. The Morgan fingerprint density at radius 1 is 1.25 bits per heavy atom. The van der Waals surface area contributed by atoms with Crippen molar-refractivity contribution >= 4 is 5.91 Å². The first-order chi connectivity index (χ1) is 7.49. The second kappa shape index (κ2) is 6.21. The Balaban J connectivity index is 1.82. The van der Waals surface area contributed by atoms with Crippen LogP contribution in [0.15, 0.2) is 0 Å². The molecule has 0 spiro atoms. The maximum atomic E-state index is 11.3. The summed E-state index contributed by atoms with van der Waals surface area (Å²) in [4.78, 5) is 11.3. The van der Waals surface area contributed by atoms with Crippen molar-refractivity contribution in [3.05, 3.63) is 0 Å². The first kappa shape index (κ1) is 13.5. The fourth-order valence-electron chi connectivity index (χ4n) is 1.32. The molecule has 4 heteroatoms. The normalized spacial score (nSPS) is 16.2. The molecule has 94 valence electrons. The predicted molar refractivity (Wildman–Crippen MR) is 64.3 cm³/mol. The van der Waals surface area contributed by atoms with E-state index in [0.717, 1.165) is 25.9 Å². The van der Waals surface area contributed by atoms with Crippen LogP contribution in [0.1, 0.15) is 33.6 Å². The van der Waals surface area contributed by atoms with Crippen molar-refractivity contribution in [2.24, 2.45) is 5.92 Å². The maximum absolute atomic E-state index is 11.3. The summed E-state index contributed by atoms with van der Waals surface area (Å²) in [5.74, 6) is 0.525. The Kier molecular flexibility index (Phi) is 5.22. The molecule has 0 heterocycles. The summed E-state index contributed by atoms with van der Waals surface area (Å²) >= 11 is 0. The quantitative estimate of drug-likeness (QED) is 0.637. The van der Waals surface area contributed by atoms with Crippen LogP contribution in [0.25, 0.3) is 0 Å². The van der Waals surface area contributed by atoms with Crippen LogP contribution in [0.3, 0.4) is 0 Å². The van der Waals surface area contributed by atoms with Gasteiger partial charge in [0.25, 0.3) is 0 Å². The minimum Gasteiger partial charge on any atom is -0.375 e. The molecule has 0 aromatic carbocycles. The molecule has 0 aliphatic heterocycles. The van der Waals surface area contributed by atoms with Gasteiger partial charge in [0.15, 0.2) is 0 Å². The highest BCUT2D eigenvalue weighted by molar-refractivity contribution is 5.80. The zero-order chi connectivity index (χ0) is 12.0. The lowest BCUT2D eigenvalue weighted by Crippen LogP contribution is -2.34. The van der Waals surface area contributed by atoms with Crippen LogP contribution >= 0.6 is 0 Å². The molecule has 0 unspecified atom stereocenters. The third-order valence-electron chi connectivity index (χ3n) is 2.36. The van der Waals surface area contributed by atoms with Gasteiger partial charge in [-0.05, 0) is 33.6 Å². The molecule has 1 aliphatic rings. The smallest absolute Gasteiger partial charge is 0.223 e. The fraction of sp³-hybridized carbons (Fsp3) is 0.917. The van der Waals surface area contributed by atoms with Gasteiger partial charge in [0, 0.05) is 25.6 Å². The van der Waals surface area contributed by atoms with E-state index in [0.29, 0.717) is 19.1 Å². The van der Waals surface area contributed by atoms with E-state index in [2.05, 4.69) is 10.6 Å². The molecule has 0 saturated heterocycles. The van der Waals surface area contributed by atoms with Gasteiger partial charge >= 0.3 is 0 Å². The zero-order valence-electron chi connectivity index (χ0n) is 10.6. The molecular weight excluding hydrogens is 204 g/mol. The Hall–Kier alpha value is -0.610. The van der Waals surface area contributed by atoms with Gasteiger partial charge in [-0.1, -0.05) is 0 Å². The van der Waals surface area contributed by atoms with Crippen molar-refractivity contribution < 1.29 is 9.53 Å². The molecule has 2 N–H and O–H groups in total. The number of ether oxygens (including phenoxy) is 1. The lowest BCUT2D eigenvalue weighted by Gasteiger charge is -2.19. The van der Waals surface area contributed by atoms with E-state index in [1.54, 1.807) is 0 Å². The van der Waals surface area contributed by atoms with Crippen LogP contribution in [0.4, 0.5) is 0 Å². The van der Waals surface area contributed by atoms with Crippen molar-refractivity contribution in [2.75, 3.05) is 26.2 Å². The lowest BCUT2D eigenvalue weighted by atomic mass is 10.2. The molecule has 4 nitrogen and oxygen atoms in total. The summed E-state index contributed by atoms with van der Waals surface area (Å²) < 4.78 is 5.56. The maximum Gasteiger partial charge on any atom is 0.223 e. The number of nitrogens with one attached hydrogen (secondary N) is 2. The van der Waals surface area contributed by atoms with E-state index < -0.39 is 0 Å². The fourth-order valence-corrected chi connectivity index (χ4v) is 1.32. The van der Waals surface area contributed by atoms with Gasteiger partial charge in [-0.2, -0.15) is 0 Å². The highest BCUT2D eigenvalue weighted by Crippen LogP contribution is 2.28. The average Bonchev–Trinajstić information content (AvgIpc) is 2.97. The second-order valence-electron chi connectivity index (χ2n) is 5.28. The molecule has 0 atom stereocenters. The minimum absolute atomic E-state index is 0.0676. The summed E-state index contributed by atoms with van der Waals surface area (Å²) in [7, 11) is 0. The van der Waals surface area contributed by atoms with Gasteiger partial charge in [0.05, 0.1) is 12.2 Å². The highest BCUT2D eigenvalue weighted by Gasteiger charge is 2.28. The van der Waals surface area contributed by atoms with Gasteiger partial charge in [0.1, 0.15) is 0 Å². The summed E-state index contributed by atoms with van der Waals surface area (Å²) in [6.07, 6.45) is 2.14. The van der Waals surface area contributed by atoms with Crippen LogP contribution in [0.5, 0.6) is 0 Å². The molecule has 0 aromatic heterocycles. The lowest BCUT2D eigenvalue weighted by molar-refractivity contribution is -0.122. The molecule has 16 heavy (non-hydrogen) atoms. The van der Waals surface area contributed by atoms with Crippen LogP contribution in [-0.2, 0) is 9.53 Å². The number of rotatable bonds is 7. The molecule has 1 amide bonds. The Morgan fingerprint density at radius 2 is 1.94 bits per heavy atom. The third kappa shape index (κ3) is 6.80. The monoisotopic (exact) mass is 228 g/mol. The number of carbonyl (C=O) groups excluding carboxylic acids is 1. The second-order valence-corrected chi connectivity index (χ2v) is 5.28. The molecule has 0 aromatic rings. The summed E-state index contributed by atoms with van der Waals surface area (Å²) in [5, 5.41) is 6.14. The topological polar surface area (TPSA) is 50.4 Å². The van der Waals surface area contributed by atoms with E-state index in [4.69, 9.17) is 4.74 Å². The Bertz CT molecular complexity index is 220. The molecular formula is C12H24N2O2. The molecule has 0 radical (unpaired) electrons. The van der Waals surface area contributed by atoms with E-state index in [1.807, 2.05) is 20.8 Å². The molecule has 1 saturated carbocycles. The van der Waals surface area contributed by atoms with Crippen LogP contribution in [-0.4, -0.2) is 37.7 Å². The van der Waals surface area contributed by atoms with Crippen molar-refractivity contribution in [3.63, 3.8) is 0 Å². The van der Waals surface area contributed by atoms with E-state index >= 15 is 0 Å². The molecule has 1 aliphatic carbocycles. The molecule has 0 bridgehead atoms. The van der Waals surface area contributed by atoms with Crippen molar-refractivity contribution in [3.8, 4) is 0 Å². The standard InChI is InChI=1S/C12H24N2O2/c1-12(2,3)16-9-8-13-6-7-14-11(15)10-4-5-10/h10,13H,4-9H2,1-3H3,(H,14,15). The van der Waals surface area contributed by atoms with Gasteiger partial charge in [-0.25, -0.2) is 0 Å². The van der Waals surface area contributed by atoms with Gasteiger partial charge in [0.2, 0.25) is 5.91 Å².